The number of ether oxygens (including phenoxy) is 1. The third-order valence-electron chi connectivity index (χ3n) is 3.31. The zero-order valence-electron chi connectivity index (χ0n) is 11.2. The van der Waals surface area contributed by atoms with Crippen molar-refractivity contribution in [1.29, 1.82) is 0 Å². The molecule has 2 nitrogen and oxygen atoms in total. The molecule has 0 aliphatic heterocycles. The van der Waals surface area contributed by atoms with Crippen LogP contribution in [-0.4, -0.2) is 6.04 Å². The van der Waals surface area contributed by atoms with Gasteiger partial charge in [-0.2, -0.15) is 0 Å². The molecule has 2 aromatic carbocycles. The summed E-state index contributed by atoms with van der Waals surface area (Å²) in [5.74, 6) is 0.941. The third kappa shape index (κ3) is 3.96. The number of benzene rings is 2. The van der Waals surface area contributed by atoms with Crippen molar-refractivity contribution < 1.29 is 9.13 Å². The van der Waals surface area contributed by atoms with E-state index in [0.717, 1.165) is 12.1 Å². The summed E-state index contributed by atoms with van der Waals surface area (Å²) in [5, 5.41) is 4.06. The van der Waals surface area contributed by atoms with Crippen LogP contribution in [0.15, 0.2) is 40.9 Å². The monoisotopic (exact) mass is 369 g/mol. The molecule has 110 valence electrons. The Morgan fingerprint density at radius 1 is 1.24 bits per heavy atom. The van der Waals surface area contributed by atoms with Gasteiger partial charge in [0, 0.05) is 23.2 Å². The molecule has 0 radical (unpaired) electrons. The van der Waals surface area contributed by atoms with Crippen molar-refractivity contribution >= 4 is 27.5 Å². The van der Waals surface area contributed by atoms with Crippen molar-refractivity contribution in [3.05, 3.63) is 57.3 Å². The fourth-order valence-corrected chi connectivity index (χ4v) is 2.50. The molecule has 2 aromatic rings. The van der Waals surface area contributed by atoms with Gasteiger partial charge in [0.15, 0.2) is 0 Å². The van der Waals surface area contributed by atoms with Crippen molar-refractivity contribution in [2.24, 2.45) is 0 Å². The molecule has 0 saturated heterocycles. The van der Waals surface area contributed by atoms with E-state index in [1.807, 2.05) is 12.1 Å². The van der Waals surface area contributed by atoms with Crippen molar-refractivity contribution in [1.82, 2.24) is 5.32 Å². The van der Waals surface area contributed by atoms with Gasteiger partial charge < -0.3 is 10.1 Å². The predicted octanol–water partition coefficient (Wildman–Crippen LogP) is 5.29. The Balaban J connectivity index is 1.81. The Kier molecular flexibility index (Phi) is 4.48. The minimum atomic E-state index is -0.316. The maximum absolute atomic E-state index is 13.3. The van der Waals surface area contributed by atoms with Crippen LogP contribution < -0.4 is 10.1 Å². The third-order valence-corrected chi connectivity index (χ3v) is 4.15. The molecule has 0 atom stereocenters. The predicted molar refractivity (Wildman–Crippen MR) is 85.5 cm³/mol. The maximum atomic E-state index is 13.3. The SMILES string of the molecule is Fc1ccc(Oc2cc(Cl)ccc2CNC2CC2)cc1Br. The summed E-state index contributed by atoms with van der Waals surface area (Å²) in [6.45, 7) is 0.736. The molecule has 0 amide bonds. The zero-order chi connectivity index (χ0) is 14.8. The topological polar surface area (TPSA) is 21.3 Å². The van der Waals surface area contributed by atoms with Crippen molar-refractivity contribution in [2.75, 3.05) is 0 Å². The second kappa shape index (κ2) is 6.34. The Hall–Kier alpha value is -1.10. The van der Waals surface area contributed by atoms with Crippen LogP contribution in [-0.2, 0) is 6.54 Å². The average Bonchev–Trinajstić information content (AvgIpc) is 3.26. The standard InChI is InChI=1S/C16H14BrClFNO/c17-14-8-13(5-6-15(14)19)21-16-7-11(18)2-1-10(16)9-20-12-3-4-12/h1-2,5-8,12,20H,3-4,9H2. The maximum Gasteiger partial charge on any atom is 0.137 e. The van der Waals surface area contributed by atoms with Gasteiger partial charge in [-0.15, -0.1) is 0 Å². The quantitative estimate of drug-likeness (QED) is 0.772. The van der Waals surface area contributed by atoms with E-state index in [-0.39, 0.29) is 5.82 Å². The van der Waals surface area contributed by atoms with Gasteiger partial charge in [0.1, 0.15) is 17.3 Å². The smallest absolute Gasteiger partial charge is 0.137 e. The van der Waals surface area contributed by atoms with Gasteiger partial charge in [0.05, 0.1) is 4.47 Å². The molecular weight excluding hydrogens is 357 g/mol. The largest absolute Gasteiger partial charge is 0.457 e. The fourth-order valence-electron chi connectivity index (χ4n) is 1.98. The van der Waals surface area contributed by atoms with E-state index < -0.39 is 0 Å². The molecule has 0 heterocycles. The summed E-state index contributed by atoms with van der Waals surface area (Å²) >= 11 is 9.20. The number of hydrogen-bond donors (Lipinski definition) is 1. The van der Waals surface area contributed by atoms with Gasteiger partial charge in [-0.3, -0.25) is 0 Å². The van der Waals surface area contributed by atoms with E-state index in [1.165, 1.54) is 18.9 Å². The molecule has 5 heteroatoms. The average molecular weight is 371 g/mol. The van der Waals surface area contributed by atoms with Crippen LogP contribution in [0.1, 0.15) is 18.4 Å². The van der Waals surface area contributed by atoms with Gasteiger partial charge in [0.25, 0.3) is 0 Å². The molecular formula is C16H14BrClFNO. The van der Waals surface area contributed by atoms with E-state index in [0.29, 0.717) is 27.0 Å². The number of rotatable bonds is 5. The van der Waals surface area contributed by atoms with E-state index in [2.05, 4.69) is 21.2 Å². The molecule has 0 spiro atoms. The molecule has 21 heavy (non-hydrogen) atoms. The van der Waals surface area contributed by atoms with E-state index in [9.17, 15) is 4.39 Å². The first-order valence-corrected chi connectivity index (χ1v) is 7.93. The first kappa shape index (κ1) is 14.8. The van der Waals surface area contributed by atoms with Crippen LogP contribution >= 0.6 is 27.5 Å². The number of hydrogen-bond acceptors (Lipinski definition) is 2. The van der Waals surface area contributed by atoms with E-state index >= 15 is 0 Å². The Morgan fingerprint density at radius 3 is 2.76 bits per heavy atom. The summed E-state index contributed by atoms with van der Waals surface area (Å²) in [6, 6.07) is 10.8. The fraction of sp³-hybridized carbons (Fsp3) is 0.250. The first-order chi connectivity index (χ1) is 10.1. The number of nitrogens with one attached hydrogen (secondary N) is 1. The van der Waals surface area contributed by atoms with Crippen molar-refractivity contribution in [3.63, 3.8) is 0 Å². The van der Waals surface area contributed by atoms with Gasteiger partial charge in [0.2, 0.25) is 0 Å². The Morgan fingerprint density at radius 2 is 2.05 bits per heavy atom. The van der Waals surface area contributed by atoms with Crippen LogP contribution in [0.4, 0.5) is 4.39 Å². The van der Waals surface area contributed by atoms with Crippen LogP contribution in [0.5, 0.6) is 11.5 Å². The first-order valence-electron chi connectivity index (χ1n) is 6.76. The molecule has 1 aliphatic carbocycles. The molecule has 1 saturated carbocycles. The molecule has 0 aromatic heterocycles. The summed E-state index contributed by atoms with van der Waals surface area (Å²) in [5.41, 5.74) is 1.03. The Labute approximate surface area is 136 Å². The second-order valence-electron chi connectivity index (χ2n) is 5.09. The normalized spacial score (nSPS) is 14.2. The zero-order valence-corrected chi connectivity index (χ0v) is 13.5. The molecule has 1 N–H and O–H groups in total. The van der Waals surface area contributed by atoms with Crippen molar-refractivity contribution in [2.45, 2.75) is 25.4 Å². The summed E-state index contributed by atoms with van der Waals surface area (Å²) in [6.07, 6.45) is 2.46. The lowest BCUT2D eigenvalue weighted by atomic mass is 10.2. The highest BCUT2D eigenvalue weighted by Gasteiger charge is 2.20. The number of halogens is 3. The van der Waals surface area contributed by atoms with E-state index in [1.54, 1.807) is 18.2 Å². The highest BCUT2D eigenvalue weighted by Crippen LogP contribution is 2.31. The van der Waals surface area contributed by atoms with Crippen LogP contribution in [0.3, 0.4) is 0 Å². The van der Waals surface area contributed by atoms with Crippen LogP contribution in [0.25, 0.3) is 0 Å². The van der Waals surface area contributed by atoms with Gasteiger partial charge in [-0.25, -0.2) is 4.39 Å². The minimum Gasteiger partial charge on any atom is -0.457 e. The van der Waals surface area contributed by atoms with Crippen molar-refractivity contribution in [3.8, 4) is 11.5 Å². The molecule has 0 bridgehead atoms. The minimum absolute atomic E-state index is 0.316. The van der Waals surface area contributed by atoms with Crippen LogP contribution in [0, 0.1) is 5.82 Å². The summed E-state index contributed by atoms with van der Waals surface area (Å²) in [7, 11) is 0. The molecule has 1 aliphatic rings. The highest BCUT2D eigenvalue weighted by atomic mass is 79.9. The van der Waals surface area contributed by atoms with Gasteiger partial charge in [-0.1, -0.05) is 17.7 Å². The van der Waals surface area contributed by atoms with Gasteiger partial charge >= 0.3 is 0 Å². The van der Waals surface area contributed by atoms with Crippen LogP contribution in [0.2, 0.25) is 5.02 Å². The molecule has 3 rings (SSSR count). The summed E-state index contributed by atoms with van der Waals surface area (Å²) < 4.78 is 19.5. The van der Waals surface area contributed by atoms with E-state index in [4.69, 9.17) is 16.3 Å². The highest BCUT2D eigenvalue weighted by molar-refractivity contribution is 9.10. The van der Waals surface area contributed by atoms with Gasteiger partial charge in [-0.05, 0) is 59.1 Å². The lowest BCUT2D eigenvalue weighted by molar-refractivity contribution is 0.470. The lowest BCUT2D eigenvalue weighted by Gasteiger charge is -2.13. The summed E-state index contributed by atoms with van der Waals surface area (Å²) in [4.78, 5) is 0. The molecule has 0 unspecified atom stereocenters. The molecule has 1 fully saturated rings. The lowest BCUT2D eigenvalue weighted by Crippen LogP contribution is -2.15. The Bertz CT molecular complexity index is 661. The second-order valence-corrected chi connectivity index (χ2v) is 6.38.